The summed E-state index contributed by atoms with van der Waals surface area (Å²) >= 11 is 0. The van der Waals surface area contributed by atoms with Gasteiger partial charge >= 0.3 is 0 Å². The zero-order chi connectivity index (χ0) is 7.40. The van der Waals surface area contributed by atoms with Crippen molar-refractivity contribution in [2.45, 2.75) is 12.5 Å². The maximum absolute atomic E-state index is 5.74. The van der Waals surface area contributed by atoms with Crippen LogP contribution in [-0.4, -0.2) is 39.4 Å². The van der Waals surface area contributed by atoms with Crippen LogP contribution in [0.15, 0.2) is 0 Å². The van der Waals surface area contributed by atoms with Crippen molar-refractivity contribution in [3.8, 4) is 0 Å². The summed E-state index contributed by atoms with van der Waals surface area (Å²) in [7, 11) is 1.75. The standard InChI is InChI=1S/C7H16N2O.S/c1-10-5-4-9-3-2-7(8)6-9;/h7H,2-6,8H2,1H3;/q;-2/p+1. The monoisotopic (exact) mass is 177 g/mol. The van der Waals surface area contributed by atoms with E-state index in [-0.39, 0.29) is 13.5 Å². The Kier molecular flexibility index (Phi) is 5.95. The van der Waals surface area contributed by atoms with Gasteiger partial charge in [0.2, 0.25) is 0 Å². The molecule has 68 valence electrons. The number of ether oxygens (including phenoxy) is 1. The van der Waals surface area contributed by atoms with Crippen molar-refractivity contribution in [1.82, 2.24) is 0 Å². The first-order chi connectivity index (χ1) is 4.83. The van der Waals surface area contributed by atoms with Gasteiger partial charge in [-0.1, -0.05) is 0 Å². The fourth-order valence-electron chi connectivity index (χ4n) is 1.44. The third kappa shape index (κ3) is 3.96. The lowest BCUT2D eigenvalue weighted by Gasteiger charge is -2.10. The molecule has 4 heteroatoms. The molecule has 0 spiro atoms. The van der Waals surface area contributed by atoms with E-state index in [9.17, 15) is 0 Å². The summed E-state index contributed by atoms with van der Waals surface area (Å²) in [5.74, 6) is 0. The minimum absolute atomic E-state index is 0. The van der Waals surface area contributed by atoms with E-state index in [2.05, 4.69) is 0 Å². The molecule has 2 unspecified atom stereocenters. The summed E-state index contributed by atoms with van der Waals surface area (Å²) in [4.78, 5) is 1.59. The van der Waals surface area contributed by atoms with Gasteiger partial charge in [-0.05, 0) is 0 Å². The largest absolute Gasteiger partial charge is 2.00 e. The van der Waals surface area contributed by atoms with Crippen LogP contribution in [0, 0.1) is 0 Å². The number of nitrogens with two attached hydrogens (primary N) is 1. The van der Waals surface area contributed by atoms with Gasteiger partial charge in [0.25, 0.3) is 0 Å². The Bertz CT molecular complexity index is 102. The van der Waals surface area contributed by atoms with Gasteiger partial charge in [-0.3, -0.25) is 0 Å². The SMILES string of the molecule is COCC[NH+]1CCC(N)C1.[S-2]. The van der Waals surface area contributed by atoms with E-state index in [0.717, 1.165) is 19.7 Å². The Labute approximate surface area is 75.3 Å². The highest BCUT2D eigenvalue weighted by Crippen LogP contribution is 1.86. The maximum Gasteiger partial charge on any atom is 0.101 e. The van der Waals surface area contributed by atoms with Crippen LogP contribution in [0.4, 0.5) is 0 Å². The van der Waals surface area contributed by atoms with Crippen LogP contribution in [-0.2, 0) is 18.2 Å². The molecule has 0 saturated carbocycles. The fraction of sp³-hybridized carbons (Fsp3) is 1.00. The summed E-state index contributed by atoms with van der Waals surface area (Å²) in [6.07, 6.45) is 1.18. The van der Waals surface area contributed by atoms with Crippen molar-refractivity contribution in [2.24, 2.45) is 5.73 Å². The summed E-state index contributed by atoms with van der Waals surface area (Å²) in [6.45, 7) is 4.33. The average molecular weight is 177 g/mol. The smallest absolute Gasteiger partial charge is 0.101 e. The molecule has 2 atom stereocenters. The maximum atomic E-state index is 5.74. The number of hydrogen-bond acceptors (Lipinski definition) is 2. The molecule has 3 nitrogen and oxygen atoms in total. The van der Waals surface area contributed by atoms with Gasteiger partial charge in [0.05, 0.1) is 25.7 Å². The molecule has 1 rings (SSSR count). The van der Waals surface area contributed by atoms with Crippen LogP contribution in [0.1, 0.15) is 6.42 Å². The van der Waals surface area contributed by atoms with Gasteiger partial charge in [0, 0.05) is 13.5 Å². The van der Waals surface area contributed by atoms with E-state index >= 15 is 0 Å². The molecule has 0 bridgehead atoms. The van der Waals surface area contributed by atoms with Crippen molar-refractivity contribution in [1.29, 1.82) is 0 Å². The Morgan fingerprint density at radius 2 is 2.36 bits per heavy atom. The number of likely N-dealkylation sites (tertiary alicyclic amines) is 1. The molecule has 1 saturated heterocycles. The molecule has 0 aromatic rings. The van der Waals surface area contributed by atoms with Gasteiger partial charge in [-0.2, -0.15) is 0 Å². The van der Waals surface area contributed by atoms with Crippen molar-refractivity contribution in [3.63, 3.8) is 0 Å². The van der Waals surface area contributed by atoms with Crippen LogP contribution in [0.3, 0.4) is 0 Å². The first kappa shape index (κ1) is 11.2. The Morgan fingerprint density at radius 1 is 1.64 bits per heavy atom. The molecule has 0 aromatic heterocycles. The minimum atomic E-state index is 0. The van der Waals surface area contributed by atoms with Crippen LogP contribution >= 0.6 is 0 Å². The van der Waals surface area contributed by atoms with E-state index < -0.39 is 0 Å². The molecule has 11 heavy (non-hydrogen) atoms. The van der Waals surface area contributed by atoms with Crippen LogP contribution in [0.5, 0.6) is 0 Å². The van der Waals surface area contributed by atoms with Crippen molar-refractivity contribution >= 4 is 13.5 Å². The van der Waals surface area contributed by atoms with E-state index in [1.165, 1.54) is 13.0 Å². The van der Waals surface area contributed by atoms with E-state index in [4.69, 9.17) is 10.5 Å². The third-order valence-electron chi connectivity index (χ3n) is 2.08. The van der Waals surface area contributed by atoms with Crippen molar-refractivity contribution in [3.05, 3.63) is 0 Å². The van der Waals surface area contributed by atoms with Gasteiger partial charge in [0.1, 0.15) is 6.54 Å². The molecule has 0 aliphatic carbocycles. The topological polar surface area (TPSA) is 39.7 Å². The Balaban J connectivity index is 0.000001000. The molecule has 1 aliphatic rings. The Morgan fingerprint density at radius 3 is 2.82 bits per heavy atom. The molecule has 0 radical (unpaired) electrons. The van der Waals surface area contributed by atoms with Gasteiger partial charge in [-0.15, -0.1) is 0 Å². The molecule has 1 aliphatic heterocycles. The highest BCUT2D eigenvalue weighted by molar-refractivity contribution is 7.37. The molecular formula is C7H17N2OS-. The van der Waals surface area contributed by atoms with Crippen LogP contribution < -0.4 is 10.6 Å². The Hall–Kier alpha value is 0.230. The average Bonchev–Trinajstić information content (AvgIpc) is 2.31. The number of methoxy groups -OCH3 is 1. The second-order valence-corrected chi connectivity index (χ2v) is 3.00. The number of nitrogens with one attached hydrogen (secondary N) is 1. The second kappa shape index (κ2) is 5.83. The zero-order valence-electron chi connectivity index (χ0n) is 7.01. The quantitative estimate of drug-likeness (QED) is 0.536. The fourth-order valence-corrected chi connectivity index (χ4v) is 1.44. The molecule has 1 fully saturated rings. The number of rotatable bonds is 3. The first-order valence-corrected chi connectivity index (χ1v) is 3.91. The predicted octanol–water partition coefficient (Wildman–Crippen LogP) is -1.75. The summed E-state index contributed by atoms with van der Waals surface area (Å²) in [5, 5.41) is 0. The van der Waals surface area contributed by atoms with Crippen molar-refractivity contribution in [2.75, 3.05) is 33.4 Å². The van der Waals surface area contributed by atoms with E-state index in [1.54, 1.807) is 12.0 Å². The predicted molar refractivity (Wildman–Crippen MR) is 47.4 cm³/mol. The van der Waals surface area contributed by atoms with Crippen LogP contribution in [0.25, 0.3) is 0 Å². The lowest BCUT2D eigenvalue weighted by molar-refractivity contribution is -0.888. The molecule has 0 aromatic carbocycles. The highest BCUT2D eigenvalue weighted by Gasteiger charge is 2.21. The number of hydrogen-bond donors (Lipinski definition) is 2. The van der Waals surface area contributed by atoms with E-state index in [0.29, 0.717) is 6.04 Å². The van der Waals surface area contributed by atoms with Crippen LogP contribution in [0.2, 0.25) is 0 Å². The van der Waals surface area contributed by atoms with Gasteiger partial charge in [0.15, 0.2) is 0 Å². The van der Waals surface area contributed by atoms with Crippen molar-refractivity contribution < 1.29 is 9.64 Å². The minimum Gasteiger partial charge on any atom is -2.00 e. The highest BCUT2D eigenvalue weighted by atomic mass is 32.1. The third-order valence-corrected chi connectivity index (χ3v) is 2.08. The zero-order valence-corrected chi connectivity index (χ0v) is 7.82. The molecule has 0 amide bonds. The summed E-state index contributed by atoms with van der Waals surface area (Å²) in [6, 6.07) is 0.437. The molecule has 3 N–H and O–H groups in total. The van der Waals surface area contributed by atoms with Gasteiger partial charge < -0.3 is 28.9 Å². The number of quaternary nitrogens is 1. The normalized spacial score (nSPS) is 30.0. The lowest BCUT2D eigenvalue weighted by Crippen LogP contribution is -3.11. The summed E-state index contributed by atoms with van der Waals surface area (Å²) in [5.41, 5.74) is 5.74. The van der Waals surface area contributed by atoms with E-state index in [1.807, 2.05) is 0 Å². The van der Waals surface area contributed by atoms with Gasteiger partial charge in [-0.25, -0.2) is 0 Å². The molecule has 1 heterocycles. The summed E-state index contributed by atoms with van der Waals surface area (Å²) < 4.78 is 4.98. The second-order valence-electron chi connectivity index (χ2n) is 3.00. The first-order valence-electron chi connectivity index (χ1n) is 3.91. The molecular weight excluding hydrogens is 160 g/mol. The lowest BCUT2D eigenvalue weighted by atomic mass is 10.3.